The van der Waals surface area contributed by atoms with Gasteiger partial charge in [-0.25, -0.2) is 8.42 Å². The number of phenols is 2. The van der Waals surface area contributed by atoms with Crippen LogP contribution in [0.1, 0.15) is 5.56 Å². The van der Waals surface area contributed by atoms with Crippen molar-refractivity contribution < 1.29 is 28.5 Å². The van der Waals surface area contributed by atoms with Gasteiger partial charge >= 0.3 is 5.97 Å². The molecule has 122 valence electrons. The highest BCUT2D eigenvalue weighted by Crippen LogP contribution is 2.27. The van der Waals surface area contributed by atoms with Gasteiger partial charge in [0.15, 0.2) is 11.5 Å². The number of benzene rings is 2. The van der Waals surface area contributed by atoms with Gasteiger partial charge in [0.2, 0.25) is 10.0 Å². The summed E-state index contributed by atoms with van der Waals surface area (Å²) in [6, 6.07) is 10.2. The summed E-state index contributed by atoms with van der Waals surface area (Å²) in [6.07, 6.45) is -0.0283. The molecule has 0 aliphatic rings. The maximum atomic E-state index is 12.2. The molecule has 0 unspecified atom stereocenters. The molecule has 23 heavy (non-hydrogen) atoms. The first-order valence-corrected chi connectivity index (χ1v) is 8.09. The van der Waals surface area contributed by atoms with Gasteiger partial charge in [-0.05, 0) is 24.1 Å². The summed E-state index contributed by atoms with van der Waals surface area (Å²) in [6.45, 7) is 0. The third-order valence-electron chi connectivity index (χ3n) is 3.14. The quantitative estimate of drug-likeness (QED) is 0.585. The van der Waals surface area contributed by atoms with Crippen LogP contribution in [0.25, 0.3) is 0 Å². The van der Waals surface area contributed by atoms with Crippen molar-refractivity contribution in [1.29, 1.82) is 0 Å². The highest BCUT2D eigenvalue weighted by Gasteiger charge is 2.26. The molecule has 0 saturated carbocycles. The molecule has 0 aliphatic heterocycles. The molecule has 0 fully saturated rings. The average molecular weight is 337 g/mol. The number of aromatic hydroxyl groups is 2. The van der Waals surface area contributed by atoms with Crippen LogP contribution >= 0.6 is 0 Å². The maximum Gasteiger partial charge on any atom is 0.322 e. The normalized spacial score (nSPS) is 12.7. The Morgan fingerprint density at radius 3 is 2.26 bits per heavy atom. The molecular formula is C15H15NO6S. The van der Waals surface area contributed by atoms with Crippen LogP contribution in [0.15, 0.2) is 53.4 Å². The number of carboxylic acid groups (broad SMARTS) is 1. The van der Waals surface area contributed by atoms with Gasteiger partial charge in [-0.1, -0.05) is 30.3 Å². The maximum absolute atomic E-state index is 12.2. The number of sulfonamides is 1. The summed E-state index contributed by atoms with van der Waals surface area (Å²) in [7, 11) is -4.17. The summed E-state index contributed by atoms with van der Waals surface area (Å²) in [4.78, 5) is 11.0. The number of rotatable bonds is 6. The minimum absolute atomic E-state index is 0.0283. The Hall–Kier alpha value is -2.58. The van der Waals surface area contributed by atoms with E-state index in [1.807, 2.05) is 0 Å². The number of hydrogen-bond donors (Lipinski definition) is 4. The van der Waals surface area contributed by atoms with Gasteiger partial charge in [0.25, 0.3) is 0 Å². The zero-order valence-electron chi connectivity index (χ0n) is 11.9. The van der Waals surface area contributed by atoms with Gasteiger partial charge in [-0.15, -0.1) is 0 Å². The second-order valence-electron chi connectivity index (χ2n) is 4.85. The monoisotopic (exact) mass is 337 g/mol. The van der Waals surface area contributed by atoms with Crippen LogP contribution in [0.3, 0.4) is 0 Å². The second-order valence-corrected chi connectivity index (χ2v) is 6.57. The van der Waals surface area contributed by atoms with Crippen molar-refractivity contribution in [2.24, 2.45) is 0 Å². The first-order valence-electron chi connectivity index (χ1n) is 6.60. The molecule has 2 aromatic carbocycles. The van der Waals surface area contributed by atoms with Crippen LogP contribution in [-0.4, -0.2) is 35.7 Å². The zero-order valence-corrected chi connectivity index (χ0v) is 12.7. The van der Waals surface area contributed by atoms with Gasteiger partial charge in [0.1, 0.15) is 6.04 Å². The van der Waals surface area contributed by atoms with Crippen molar-refractivity contribution in [2.75, 3.05) is 0 Å². The number of hydrogen-bond acceptors (Lipinski definition) is 5. The first kappa shape index (κ1) is 16.8. The molecule has 0 amide bonds. The Labute approximate surface area is 132 Å². The molecule has 0 bridgehead atoms. The van der Waals surface area contributed by atoms with E-state index in [9.17, 15) is 28.5 Å². The van der Waals surface area contributed by atoms with Crippen molar-refractivity contribution >= 4 is 16.0 Å². The number of aliphatic carboxylic acids is 1. The molecule has 0 heterocycles. The SMILES string of the molecule is O=C(O)[C@@H](Cc1ccccc1)NS(=O)(=O)c1ccc(O)c(O)c1. The molecule has 2 rings (SSSR count). The third-order valence-corrected chi connectivity index (χ3v) is 4.60. The number of phenolic OH excluding ortho intramolecular Hbond substituents is 2. The number of carboxylic acids is 1. The zero-order chi connectivity index (χ0) is 17.0. The van der Waals surface area contributed by atoms with Crippen molar-refractivity contribution in [3.8, 4) is 11.5 Å². The van der Waals surface area contributed by atoms with Crippen LogP contribution in [0, 0.1) is 0 Å². The summed E-state index contributed by atoms with van der Waals surface area (Å²) >= 11 is 0. The molecule has 0 aromatic heterocycles. The van der Waals surface area contributed by atoms with E-state index in [4.69, 9.17) is 0 Å². The fraction of sp³-hybridized carbons (Fsp3) is 0.133. The Morgan fingerprint density at radius 2 is 1.70 bits per heavy atom. The minimum atomic E-state index is -4.17. The van der Waals surface area contributed by atoms with E-state index in [1.54, 1.807) is 30.3 Å². The van der Waals surface area contributed by atoms with E-state index in [0.717, 1.165) is 18.2 Å². The highest BCUT2D eigenvalue weighted by atomic mass is 32.2. The lowest BCUT2D eigenvalue weighted by molar-refractivity contribution is -0.138. The van der Waals surface area contributed by atoms with Gasteiger partial charge < -0.3 is 15.3 Å². The van der Waals surface area contributed by atoms with Crippen LogP contribution in [0.2, 0.25) is 0 Å². The van der Waals surface area contributed by atoms with Crippen molar-refractivity contribution in [1.82, 2.24) is 4.72 Å². The average Bonchev–Trinajstić information content (AvgIpc) is 2.50. The third kappa shape index (κ3) is 4.21. The second kappa shape index (κ2) is 6.67. The molecule has 2 aromatic rings. The molecule has 8 heteroatoms. The highest BCUT2D eigenvalue weighted by molar-refractivity contribution is 7.89. The molecule has 7 nitrogen and oxygen atoms in total. The molecule has 1 atom stereocenters. The van der Waals surface area contributed by atoms with E-state index in [0.29, 0.717) is 5.56 Å². The van der Waals surface area contributed by atoms with Crippen molar-refractivity contribution in [3.63, 3.8) is 0 Å². The van der Waals surface area contributed by atoms with E-state index >= 15 is 0 Å². The molecule has 0 radical (unpaired) electrons. The van der Waals surface area contributed by atoms with Gasteiger partial charge in [0.05, 0.1) is 4.90 Å². The summed E-state index contributed by atoms with van der Waals surface area (Å²) in [5.74, 6) is -2.40. The summed E-state index contributed by atoms with van der Waals surface area (Å²) in [5, 5.41) is 27.8. The molecule has 0 aliphatic carbocycles. The number of carbonyl (C=O) groups is 1. The number of nitrogens with one attached hydrogen (secondary N) is 1. The lowest BCUT2D eigenvalue weighted by Gasteiger charge is -2.15. The molecule has 0 saturated heterocycles. The predicted octanol–water partition coefficient (Wildman–Crippen LogP) is 1.07. The van der Waals surface area contributed by atoms with Gasteiger partial charge in [-0.3, -0.25) is 4.79 Å². The standard InChI is InChI=1S/C15H15NO6S/c17-13-7-6-11(9-14(13)18)23(21,22)16-12(15(19)20)8-10-4-2-1-3-5-10/h1-7,9,12,16-18H,8H2,(H,19,20)/t12-/m1/s1. The Balaban J connectivity index is 2.24. The topological polar surface area (TPSA) is 124 Å². The Kier molecular flexibility index (Phi) is 4.87. The van der Waals surface area contributed by atoms with Crippen molar-refractivity contribution in [3.05, 3.63) is 54.1 Å². The van der Waals surface area contributed by atoms with Crippen LogP contribution < -0.4 is 4.72 Å². The van der Waals surface area contributed by atoms with Crippen molar-refractivity contribution in [2.45, 2.75) is 17.4 Å². The lowest BCUT2D eigenvalue weighted by atomic mass is 10.1. The summed E-state index contributed by atoms with van der Waals surface area (Å²) in [5.41, 5.74) is 0.663. The fourth-order valence-electron chi connectivity index (χ4n) is 1.95. The van der Waals surface area contributed by atoms with E-state index in [1.165, 1.54) is 0 Å². The smallest absolute Gasteiger partial charge is 0.322 e. The Morgan fingerprint density at radius 1 is 1.04 bits per heavy atom. The van der Waals surface area contributed by atoms with Crippen LogP contribution in [-0.2, 0) is 21.2 Å². The fourth-order valence-corrected chi connectivity index (χ4v) is 3.16. The van der Waals surface area contributed by atoms with E-state index in [2.05, 4.69) is 4.72 Å². The molecular weight excluding hydrogens is 322 g/mol. The largest absolute Gasteiger partial charge is 0.504 e. The Bertz CT molecular complexity index is 804. The van der Waals surface area contributed by atoms with Crippen LogP contribution in [0.5, 0.6) is 11.5 Å². The molecule has 4 N–H and O–H groups in total. The molecule has 0 spiro atoms. The predicted molar refractivity (Wildman–Crippen MR) is 81.7 cm³/mol. The minimum Gasteiger partial charge on any atom is -0.504 e. The van der Waals surface area contributed by atoms with Crippen LogP contribution in [0.4, 0.5) is 0 Å². The lowest BCUT2D eigenvalue weighted by Crippen LogP contribution is -2.42. The van der Waals surface area contributed by atoms with E-state index in [-0.39, 0.29) is 11.3 Å². The van der Waals surface area contributed by atoms with Gasteiger partial charge in [0, 0.05) is 6.07 Å². The summed E-state index contributed by atoms with van der Waals surface area (Å²) < 4.78 is 26.6. The van der Waals surface area contributed by atoms with E-state index < -0.39 is 33.5 Å². The first-order chi connectivity index (χ1) is 10.8. The van der Waals surface area contributed by atoms with Gasteiger partial charge in [-0.2, -0.15) is 4.72 Å².